The molecule has 134 valence electrons. The fraction of sp³-hybridized carbons (Fsp3) is 0.556. The molecule has 0 aliphatic heterocycles. The fourth-order valence-corrected chi connectivity index (χ4v) is 2.02. The van der Waals surface area contributed by atoms with Gasteiger partial charge in [0.25, 0.3) is 0 Å². The molecule has 0 heterocycles. The van der Waals surface area contributed by atoms with E-state index in [1.807, 2.05) is 44.2 Å². The minimum atomic E-state index is 0.0264. The summed E-state index contributed by atoms with van der Waals surface area (Å²) in [7, 11) is 0. The van der Waals surface area contributed by atoms with E-state index in [1.54, 1.807) is 0 Å². The van der Waals surface area contributed by atoms with Crippen LogP contribution in [0.3, 0.4) is 0 Å². The molecule has 6 nitrogen and oxygen atoms in total. The summed E-state index contributed by atoms with van der Waals surface area (Å²) in [6.45, 7) is 8.07. The first-order valence-corrected chi connectivity index (χ1v) is 8.66. The van der Waals surface area contributed by atoms with Crippen LogP contribution in [0.15, 0.2) is 35.3 Å². The molecule has 0 saturated heterocycles. The number of benzene rings is 1. The summed E-state index contributed by atoms with van der Waals surface area (Å²) in [5, 5.41) is 9.26. The lowest BCUT2D eigenvalue weighted by molar-refractivity contribution is -0.121. The number of aliphatic imine (C=N–C) groups is 1. The van der Waals surface area contributed by atoms with Gasteiger partial charge in [0.05, 0.1) is 0 Å². The number of carbonyl (C=O) groups is 1. The molecule has 0 radical (unpaired) electrons. The molecule has 0 fully saturated rings. The molecule has 0 aliphatic carbocycles. The number of hydrogen-bond donors (Lipinski definition) is 3. The molecule has 3 N–H and O–H groups in total. The van der Waals surface area contributed by atoms with Gasteiger partial charge in [-0.05, 0) is 25.8 Å². The van der Waals surface area contributed by atoms with E-state index >= 15 is 0 Å². The average molecular weight is 334 g/mol. The second-order valence-electron chi connectivity index (χ2n) is 5.25. The molecular weight excluding hydrogens is 304 g/mol. The van der Waals surface area contributed by atoms with Crippen LogP contribution in [0.5, 0.6) is 0 Å². The predicted molar refractivity (Wildman–Crippen MR) is 98.0 cm³/mol. The van der Waals surface area contributed by atoms with Crippen molar-refractivity contribution in [1.82, 2.24) is 16.0 Å². The van der Waals surface area contributed by atoms with Crippen LogP contribution in [0.1, 0.15) is 32.3 Å². The van der Waals surface area contributed by atoms with Crippen LogP contribution in [0.4, 0.5) is 0 Å². The zero-order valence-corrected chi connectivity index (χ0v) is 14.8. The Hall–Kier alpha value is -2.08. The first kappa shape index (κ1) is 20.0. The van der Waals surface area contributed by atoms with Gasteiger partial charge in [0.1, 0.15) is 0 Å². The van der Waals surface area contributed by atoms with Crippen molar-refractivity contribution in [3.8, 4) is 0 Å². The third-order valence-corrected chi connectivity index (χ3v) is 3.24. The molecular formula is C18H30N4O2. The van der Waals surface area contributed by atoms with Gasteiger partial charge in [-0.3, -0.25) is 9.79 Å². The molecule has 24 heavy (non-hydrogen) atoms. The van der Waals surface area contributed by atoms with Gasteiger partial charge < -0.3 is 20.7 Å². The molecule has 0 bridgehead atoms. The Morgan fingerprint density at radius 2 is 1.92 bits per heavy atom. The van der Waals surface area contributed by atoms with E-state index in [4.69, 9.17) is 4.74 Å². The van der Waals surface area contributed by atoms with E-state index in [9.17, 15) is 4.79 Å². The Morgan fingerprint density at radius 1 is 1.12 bits per heavy atom. The van der Waals surface area contributed by atoms with Gasteiger partial charge in [-0.2, -0.15) is 0 Å². The van der Waals surface area contributed by atoms with Crippen LogP contribution < -0.4 is 16.0 Å². The Kier molecular flexibility index (Phi) is 11.1. The lowest BCUT2D eigenvalue weighted by atomic mass is 10.2. The van der Waals surface area contributed by atoms with Crippen molar-refractivity contribution in [1.29, 1.82) is 0 Å². The number of hydrogen-bond acceptors (Lipinski definition) is 3. The zero-order chi connectivity index (χ0) is 17.5. The Bertz CT molecular complexity index is 477. The summed E-state index contributed by atoms with van der Waals surface area (Å²) in [4.78, 5) is 16.3. The van der Waals surface area contributed by atoms with Crippen LogP contribution in [0.25, 0.3) is 0 Å². The first-order valence-electron chi connectivity index (χ1n) is 8.66. The van der Waals surface area contributed by atoms with Crippen molar-refractivity contribution < 1.29 is 9.53 Å². The summed E-state index contributed by atoms with van der Waals surface area (Å²) >= 11 is 0. The molecule has 0 unspecified atom stereocenters. The summed E-state index contributed by atoms with van der Waals surface area (Å²) in [5.41, 5.74) is 1.10. The highest BCUT2D eigenvalue weighted by Gasteiger charge is 2.02. The van der Waals surface area contributed by atoms with E-state index < -0.39 is 0 Å². The van der Waals surface area contributed by atoms with E-state index in [-0.39, 0.29) is 5.91 Å². The van der Waals surface area contributed by atoms with Crippen LogP contribution in [0, 0.1) is 0 Å². The van der Waals surface area contributed by atoms with Gasteiger partial charge in [-0.15, -0.1) is 0 Å². The lowest BCUT2D eigenvalue weighted by Gasteiger charge is -2.11. The quantitative estimate of drug-likeness (QED) is 0.327. The fourth-order valence-electron chi connectivity index (χ4n) is 2.02. The van der Waals surface area contributed by atoms with Crippen molar-refractivity contribution in [2.75, 3.05) is 32.8 Å². The van der Waals surface area contributed by atoms with E-state index in [1.165, 1.54) is 0 Å². The third kappa shape index (κ3) is 9.84. The molecule has 1 aromatic carbocycles. The number of ether oxygens (including phenoxy) is 1. The van der Waals surface area contributed by atoms with Gasteiger partial charge in [0.15, 0.2) is 5.96 Å². The van der Waals surface area contributed by atoms with Crippen LogP contribution in [-0.2, 0) is 16.1 Å². The highest BCUT2D eigenvalue weighted by atomic mass is 16.5. The molecule has 1 aromatic rings. The maximum absolute atomic E-state index is 11.9. The largest absolute Gasteiger partial charge is 0.382 e. The number of rotatable bonds is 11. The standard InChI is InChI=1S/C18H30N4O2/c1-3-19-18(20-12-8-14-24-4-2)21-13-11-17(23)22-15-16-9-6-5-7-10-16/h5-7,9-10H,3-4,8,11-15H2,1-2H3,(H,22,23)(H2,19,20,21). The van der Waals surface area contributed by atoms with Crippen LogP contribution in [-0.4, -0.2) is 44.7 Å². The van der Waals surface area contributed by atoms with Gasteiger partial charge in [0, 0.05) is 45.8 Å². The second-order valence-corrected chi connectivity index (χ2v) is 5.25. The minimum Gasteiger partial charge on any atom is -0.382 e. The summed E-state index contributed by atoms with van der Waals surface area (Å²) in [5.74, 6) is 0.767. The Morgan fingerprint density at radius 3 is 2.62 bits per heavy atom. The van der Waals surface area contributed by atoms with Gasteiger partial charge in [-0.25, -0.2) is 0 Å². The number of nitrogens with zero attached hydrogens (tertiary/aromatic N) is 1. The molecule has 0 aliphatic rings. The topological polar surface area (TPSA) is 74.8 Å². The highest BCUT2D eigenvalue weighted by molar-refractivity contribution is 5.81. The average Bonchev–Trinajstić information content (AvgIpc) is 2.60. The van der Waals surface area contributed by atoms with Gasteiger partial charge >= 0.3 is 0 Å². The molecule has 1 amide bonds. The zero-order valence-electron chi connectivity index (χ0n) is 14.8. The second kappa shape index (κ2) is 13.4. The normalized spacial score (nSPS) is 11.2. The Balaban J connectivity index is 2.20. The number of guanidine groups is 1. The molecule has 0 aromatic heterocycles. The molecule has 0 atom stereocenters. The maximum atomic E-state index is 11.9. The van der Waals surface area contributed by atoms with Crippen molar-refractivity contribution in [2.24, 2.45) is 4.99 Å². The number of amides is 1. The van der Waals surface area contributed by atoms with Crippen molar-refractivity contribution >= 4 is 11.9 Å². The third-order valence-electron chi connectivity index (χ3n) is 3.24. The molecule has 1 rings (SSSR count). The van der Waals surface area contributed by atoms with E-state index in [0.29, 0.717) is 26.1 Å². The van der Waals surface area contributed by atoms with E-state index in [0.717, 1.165) is 37.7 Å². The SMILES string of the molecule is CCNC(=NCCCOCC)NCCC(=O)NCc1ccccc1. The Labute approximate surface area is 145 Å². The van der Waals surface area contributed by atoms with Gasteiger partial charge in [0.2, 0.25) is 5.91 Å². The molecule has 6 heteroatoms. The lowest BCUT2D eigenvalue weighted by Crippen LogP contribution is -2.39. The summed E-state index contributed by atoms with van der Waals surface area (Å²) in [6.07, 6.45) is 1.30. The van der Waals surface area contributed by atoms with Crippen molar-refractivity contribution in [3.63, 3.8) is 0 Å². The van der Waals surface area contributed by atoms with Crippen LogP contribution >= 0.6 is 0 Å². The maximum Gasteiger partial charge on any atom is 0.222 e. The summed E-state index contributed by atoms with van der Waals surface area (Å²) < 4.78 is 5.29. The van der Waals surface area contributed by atoms with Crippen LogP contribution in [0.2, 0.25) is 0 Å². The number of carbonyl (C=O) groups excluding carboxylic acids is 1. The first-order chi connectivity index (χ1) is 11.8. The van der Waals surface area contributed by atoms with E-state index in [2.05, 4.69) is 20.9 Å². The van der Waals surface area contributed by atoms with Crippen molar-refractivity contribution in [3.05, 3.63) is 35.9 Å². The smallest absolute Gasteiger partial charge is 0.222 e. The minimum absolute atomic E-state index is 0.0264. The number of nitrogens with one attached hydrogen (secondary N) is 3. The molecule has 0 spiro atoms. The van der Waals surface area contributed by atoms with Gasteiger partial charge in [-0.1, -0.05) is 30.3 Å². The predicted octanol–water partition coefficient (Wildman–Crippen LogP) is 1.67. The highest BCUT2D eigenvalue weighted by Crippen LogP contribution is 1.97. The monoisotopic (exact) mass is 334 g/mol. The summed E-state index contributed by atoms with van der Waals surface area (Å²) in [6, 6.07) is 9.89. The molecule has 0 saturated carbocycles. The van der Waals surface area contributed by atoms with Crippen molar-refractivity contribution in [2.45, 2.75) is 33.2 Å².